The van der Waals surface area contributed by atoms with E-state index in [-0.39, 0.29) is 5.82 Å². The van der Waals surface area contributed by atoms with Crippen LogP contribution >= 0.6 is 0 Å². The first-order chi connectivity index (χ1) is 6.17. The summed E-state index contributed by atoms with van der Waals surface area (Å²) < 4.78 is 0. The number of nitrogens with zero attached hydrogens (tertiary/aromatic N) is 4. The predicted octanol–water partition coefficient (Wildman–Crippen LogP) is 0.456. The van der Waals surface area contributed by atoms with Crippen LogP contribution < -0.4 is 10.2 Å². The third kappa shape index (κ3) is 2.06. The van der Waals surface area contributed by atoms with Crippen LogP contribution in [-0.2, 0) is 0 Å². The van der Waals surface area contributed by atoms with Crippen LogP contribution in [0.5, 0.6) is 0 Å². The van der Waals surface area contributed by atoms with Crippen molar-refractivity contribution >= 4 is 11.6 Å². The Hall–Kier alpha value is -1.83. The first kappa shape index (κ1) is 9.26. The molecule has 0 fully saturated rings. The minimum Gasteiger partial charge on any atom is -0.373 e. The Labute approximate surface area is 77.0 Å². The largest absolute Gasteiger partial charge is 0.373 e. The molecule has 68 valence electrons. The summed E-state index contributed by atoms with van der Waals surface area (Å²) in [5.41, 5.74) is 0. The van der Waals surface area contributed by atoms with Crippen LogP contribution in [0.1, 0.15) is 5.82 Å². The first-order valence-electron chi connectivity index (χ1n) is 3.81. The van der Waals surface area contributed by atoms with E-state index in [0.29, 0.717) is 5.82 Å². The van der Waals surface area contributed by atoms with Crippen LogP contribution in [0.4, 0.5) is 11.6 Å². The van der Waals surface area contributed by atoms with E-state index in [0.717, 1.165) is 5.82 Å². The Morgan fingerprint density at radius 1 is 1.46 bits per heavy atom. The van der Waals surface area contributed by atoms with Gasteiger partial charge in [0.05, 0.1) is 0 Å². The van der Waals surface area contributed by atoms with Gasteiger partial charge in [0.1, 0.15) is 17.7 Å². The van der Waals surface area contributed by atoms with Gasteiger partial charge in [-0.25, -0.2) is 9.97 Å². The van der Waals surface area contributed by atoms with E-state index in [2.05, 4.69) is 15.3 Å². The zero-order chi connectivity index (χ0) is 9.84. The number of aromatic nitrogens is 2. The SMILES string of the molecule is CNc1cc(N(C)C)nc(C#N)n1. The van der Waals surface area contributed by atoms with Crippen molar-refractivity contribution in [1.29, 1.82) is 5.26 Å². The number of hydrogen-bond acceptors (Lipinski definition) is 5. The summed E-state index contributed by atoms with van der Waals surface area (Å²) in [4.78, 5) is 9.78. The van der Waals surface area contributed by atoms with Gasteiger partial charge in [-0.2, -0.15) is 5.26 Å². The normalized spacial score (nSPS) is 9.08. The standard InChI is InChI=1S/C8H11N5/c1-10-6-4-8(13(2)3)12-7(5-9)11-6/h4H,1-3H3,(H,10,11,12). The highest BCUT2D eigenvalue weighted by atomic mass is 15.2. The molecule has 0 saturated carbocycles. The second kappa shape index (κ2) is 3.72. The quantitative estimate of drug-likeness (QED) is 0.710. The molecule has 0 unspecified atom stereocenters. The van der Waals surface area contributed by atoms with Crippen molar-refractivity contribution in [1.82, 2.24) is 9.97 Å². The van der Waals surface area contributed by atoms with E-state index in [1.165, 1.54) is 0 Å². The van der Waals surface area contributed by atoms with Gasteiger partial charge in [-0.3, -0.25) is 0 Å². The van der Waals surface area contributed by atoms with Gasteiger partial charge in [0.15, 0.2) is 0 Å². The van der Waals surface area contributed by atoms with E-state index in [9.17, 15) is 0 Å². The average Bonchev–Trinajstić information content (AvgIpc) is 2.16. The Morgan fingerprint density at radius 2 is 2.15 bits per heavy atom. The Kier molecular flexibility index (Phi) is 2.65. The molecule has 5 heteroatoms. The van der Waals surface area contributed by atoms with Crippen LogP contribution in [-0.4, -0.2) is 31.1 Å². The van der Waals surface area contributed by atoms with E-state index in [1.54, 1.807) is 13.1 Å². The molecule has 1 N–H and O–H groups in total. The molecular formula is C8H11N5. The molecule has 13 heavy (non-hydrogen) atoms. The molecule has 1 rings (SSSR count). The number of nitriles is 1. The van der Waals surface area contributed by atoms with Gasteiger partial charge >= 0.3 is 0 Å². The molecule has 0 atom stereocenters. The zero-order valence-corrected chi connectivity index (χ0v) is 7.87. The number of rotatable bonds is 2. The summed E-state index contributed by atoms with van der Waals surface area (Å²) >= 11 is 0. The van der Waals surface area contributed by atoms with Crippen LogP contribution in [0, 0.1) is 11.3 Å². The summed E-state index contributed by atoms with van der Waals surface area (Å²) in [5, 5.41) is 11.5. The van der Waals surface area contributed by atoms with E-state index in [4.69, 9.17) is 5.26 Å². The summed E-state index contributed by atoms with van der Waals surface area (Å²) in [7, 11) is 5.48. The molecule has 5 nitrogen and oxygen atoms in total. The van der Waals surface area contributed by atoms with Crippen molar-refractivity contribution in [2.75, 3.05) is 31.4 Å². The molecule has 0 radical (unpaired) electrons. The van der Waals surface area contributed by atoms with Gasteiger partial charge in [-0.1, -0.05) is 0 Å². The third-order valence-electron chi connectivity index (χ3n) is 1.53. The fourth-order valence-electron chi connectivity index (χ4n) is 0.842. The van der Waals surface area contributed by atoms with Crippen molar-refractivity contribution in [2.24, 2.45) is 0 Å². The lowest BCUT2D eigenvalue weighted by molar-refractivity contribution is 1.02. The van der Waals surface area contributed by atoms with Gasteiger partial charge in [0, 0.05) is 27.2 Å². The predicted molar refractivity (Wildman–Crippen MR) is 50.6 cm³/mol. The van der Waals surface area contributed by atoms with E-state index < -0.39 is 0 Å². The van der Waals surface area contributed by atoms with Crippen LogP contribution in [0.2, 0.25) is 0 Å². The van der Waals surface area contributed by atoms with E-state index >= 15 is 0 Å². The minimum absolute atomic E-state index is 0.176. The summed E-state index contributed by atoms with van der Waals surface area (Å²) in [6.45, 7) is 0. The van der Waals surface area contributed by atoms with Crippen LogP contribution in [0.15, 0.2) is 6.07 Å². The Balaban J connectivity index is 3.17. The molecule has 1 heterocycles. The molecule has 0 aliphatic rings. The lowest BCUT2D eigenvalue weighted by Gasteiger charge is -2.11. The molecule has 0 bridgehead atoms. The minimum atomic E-state index is 0.176. The van der Waals surface area contributed by atoms with Crippen molar-refractivity contribution in [3.8, 4) is 6.07 Å². The number of anilines is 2. The van der Waals surface area contributed by atoms with Crippen LogP contribution in [0.25, 0.3) is 0 Å². The summed E-state index contributed by atoms with van der Waals surface area (Å²) in [5.74, 6) is 1.54. The second-order valence-corrected chi connectivity index (χ2v) is 2.69. The summed E-state index contributed by atoms with van der Waals surface area (Å²) in [6, 6.07) is 3.69. The molecule has 1 aromatic heterocycles. The Morgan fingerprint density at radius 3 is 2.62 bits per heavy atom. The second-order valence-electron chi connectivity index (χ2n) is 2.69. The average molecular weight is 177 g/mol. The van der Waals surface area contributed by atoms with Crippen molar-refractivity contribution in [2.45, 2.75) is 0 Å². The lowest BCUT2D eigenvalue weighted by Crippen LogP contribution is -2.12. The fraction of sp³-hybridized carbons (Fsp3) is 0.375. The molecule has 0 saturated heterocycles. The number of hydrogen-bond donors (Lipinski definition) is 1. The van der Waals surface area contributed by atoms with Gasteiger partial charge in [-0.15, -0.1) is 0 Å². The molecule has 0 aliphatic heterocycles. The van der Waals surface area contributed by atoms with Crippen molar-refractivity contribution in [3.63, 3.8) is 0 Å². The van der Waals surface area contributed by atoms with Gasteiger partial charge < -0.3 is 10.2 Å². The fourth-order valence-corrected chi connectivity index (χ4v) is 0.842. The summed E-state index contributed by atoms with van der Waals surface area (Å²) in [6.07, 6.45) is 0. The highest BCUT2D eigenvalue weighted by molar-refractivity contribution is 5.49. The van der Waals surface area contributed by atoms with Crippen molar-refractivity contribution in [3.05, 3.63) is 11.9 Å². The molecule has 0 aromatic carbocycles. The molecule has 0 spiro atoms. The highest BCUT2D eigenvalue weighted by Crippen LogP contribution is 2.12. The zero-order valence-electron chi connectivity index (χ0n) is 7.87. The molecule has 1 aromatic rings. The molecular weight excluding hydrogens is 166 g/mol. The lowest BCUT2D eigenvalue weighted by atomic mass is 10.4. The molecule has 0 aliphatic carbocycles. The van der Waals surface area contributed by atoms with Crippen molar-refractivity contribution < 1.29 is 0 Å². The maximum atomic E-state index is 8.64. The van der Waals surface area contributed by atoms with Gasteiger partial charge in [0.25, 0.3) is 0 Å². The topological polar surface area (TPSA) is 64.8 Å². The maximum absolute atomic E-state index is 8.64. The van der Waals surface area contributed by atoms with Crippen LogP contribution in [0.3, 0.4) is 0 Å². The number of nitrogens with one attached hydrogen (secondary N) is 1. The maximum Gasteiger partial charge on any atom is 0.236 e. The Bertz CT molecular complexity index is 339. The molecule has 0 amide bonds. The monoisotopic (exact) mass is 177 g/mol. The smallest absolute Gasteiger partial charge is 0.236 e. The van der Waals surface area contributed by atoms with E-state index in [1.807, 2.05) is 25.1 Å². The third-order valence-corrected chi connectivity index (χ3v) is 1.53. The first-order valence-corrected chi connectivity index (χ1v) is 3.81. The van der Waals surface area contributed by atoms with Gasteiger partial charge in [0.2, 0.25) is 5.82 Å². The highest BCUT2D eigenvalue weighted by Gasteiger charge is 2.03. The van der Waals surface area contributed by atoms with Gasteiger partial charge in [-0.05, 0) is 0 Å².